The molecular formula is C24H22ClFN4O3. The number of aromatic nitrogens is 3. The molecule has 1 amide bonds. The van der Waals surface area contributed by atoms with Crippen molar-refractivity contribution >= 4 is 23.2 Å². The molecule has 33 heavy (non-hydrogen) atoms. The van der Waals surface area contributed by atoms with Crippen molar-refractivity contribution in [2.24, 2.45) is 0 Å². The van der Waals surface area contributed by atoms with Gasteiger partial charge in [0.05, 0.1) is 29.2 Å². The predicted molar refractivity (Wildman–Crippen MR) is 122 cm³/mol. The lowest BCUT2D eigenvalue weighted by Crippen LogP contribution is -2.16. The zero-order chi connectivity index (χ0) is 23.5. The fraction of sp³-hybridized carbons (Fsp3) is 0.208. The van der Waals surface area contributed by atoms with Gasteiger partial charge in [0.2, 0.25) is 0 Å². The molecule has 0 aliphatic heterocycles. The standard InChI is InChI=1S/C24H22ClFN4O3/c1-14-22(15(2)30(28-14)12-17-6-4-5-7-21(17)25)27-24(31)23-20(16(3)33-29-23)13-32-19-10-8-18(26)9-11-19/h4-11H,12-13H2,1-3H3,(H,27,31). The summed E-state index contributed by atoms with van der Waals surface area (Å²) in [5.74, 6) is 0.137. The molecular weight excluding hydrogens is 447 g/mol. The van der Waals surface area contributed by atoms with Gasteiger partial charge in [0, 0.05) is 5.02 Å². The van der Waals surface area contributed by atoms with Crippen LogP contribution >= 0.6 is 11.6 Å². The summed E-state index contributed by atoms with van der Waals surface area (Å²) in [4.78, 5) is 13.0. The average molecular weight is 469 g/mol. The van der Waals surface area contributed by atoms with Gasteiger partial charge in [-0.2, -0.15) is 5.10 Å². The number of anilines is 1. The molecule has 4 rings (SSSR count). The molecule has 0 unspecified atom stereocenters. The Morgan fingerprint density at radius 2 is 1.88 bits per heavy atom. The highest BCUT2D eigenvalue weighted by Crippen LogP contribution is 2.25. The largest absolute Gasteiger partial charge is 0.489 e. The van der Waals surface area contributed by atoms with Crippen molar-refractivity contribution in [2.45, 2.75) is 33.9 Å². The van der Waals surface area contributed by atoms with Crippen LogP contribution in [-0.2, 0) is 13.2 Å². The number of carbonyl (C=O) groups is 1. The van der Waals surface area contributed by atoms with Crippen LogP contribution in [0.1, 0.15) is 38.8 Å². The number of aryl methyl sites for hydroxylation is 2. The Morgan fingerprint density at radius 3 is 2.61 bits per heavy atom. The third-order valence-corrected chi connectivity index (χ3v) is 5.66. The molecule has 2 aromatic carbocycles. The van der Waals surface area contributed by atoms with Crippen LogP contribution in [0.15, 0.2) is 53.1 Å². The van der Waals surface area contributed by atoms with Crippen LogP contribution in [0, 0.1) is 26.6 Å². The van der Waals surface area contributed by atoms with Gasteiger partial charge in [0.1, 0.15) is 23.9 Å². The second-order valence-electron chi connectivity index (χ2n) is 7.56. The van der Waals surface area contributed by atoms with E-state index < -0.39 is 5.91 Å². The molecule has 1 N–H and O–H groups in total. The molecule has 0 aliphatic rings. The summed E-state index contributed by atoms with van der Waals surface area (Å²) in [7, 11) is 0. The molecule has 0 saturated heterocycles. The summed E-state index contributed by atoms with van der Waals surface area (Å²) in [6.45, 7) is 5.91. The number of amides is 1. The van der Waals surface area contributed by atoms with Crippen LogP contribution in [0.2, 0.25) is 5.02 Å². The Kier molecular flexibility index (Phi) is 6.46. The summed E-state index contributed by atoms with van der Waals surface area (Å²) in [6.07, 6.45) is 0. The van der Waals surface area contributed by atoms with Crippen molar-refractivity contribution in [1.82, 2.24) is 14.9 Å². The van der Waals surface area contributed by atoms with Gasteiger partial charge in [0.15, 0.2) is 5.69 Å². The first-order chi connectivity index (χ1) is 15.8. The van der Waals surface area contributed by atoms with E-state index in [1.807, 2.05) is 38.1 Å². The van der Waals surface area contributed by atoms with Crippen molar-refractivity contribution in [3.8, 4) is 5.75 Å². The Balaban J connectivity index is 1.51. The third-order valence-electron chi connectivity index (χ3n) is 5.29. The minimum Gasteiger partial charge on any atom is -0.489 e. The Labute approximate surface area is 195 Å². The van der Waals surface area contributed by atoms with Gasteiger partial charge in [-0.25, -0.2) is 4.39 Å². The minimum absolute atomic E-state index is 0.0491. The number of rotatable bonds is 7. The molecule has 0 spiro atoms. The maximum atomic E-state index is 13.1. The number of carbonyl (C=O) groups excluding carboxylic acids is 1. The lowest BCUT2D eigenvalue weighted by atomic mass is 10.2. The third kappa shape index (κ3) is 4.90. The topological polar surface area (TPSA) is 82.2 Å². The summed E-state index contributed by atoms with van der Waals surface area (Å²) >= 11 is 6.28. The number of nitrogens with zero attached hydrogens (tertiary/aromatic N) is 3. The van der Waals surface area contributed by atoms with E-state index in [1.54, 1.807) is 11.6 Å². The number of nitrogens with one attached hydrogen (secondary N) is 1. The fourth-order valence-electron chi connectivity index (χ4n) is 3.42. The van der Waals surface area contributed by atoms with E-state index in [-0.39, 0.29) is 18.1 Å². The van der Waals surface area contributed by atoms with Gasteiger partial charge in [-0.05, 0) is 56.7 Å². The first kappa shape index (κ1) is 22.5. The highest BCUT2D eigenvalue weighted by Gasteiger charge is 2.23. The van der Waals surface area contributed by atoms with Crippen molar-refractivity contribution in [3.05, 3.63) is 93.3 Å². The number of hydrogen-bond donors (Lipinski definition) is 1. The molecule has 0 saturated carbocycles. The van der Waals surface area contributed by atoms with Crippen molar-refractivity contribution in [2.75, 3.05) is 5.32 Å². The van der Waals surface area contributed by atoms with E-state index in [9.17, 15) is 9.18 Å². The summed E-state index contributed by atoms with van der Waals surface area (Å²) in [6, 6.07) is 13.2. The molecule has 2 aromatic heterocycles. The van der Waals surface area contributed by atoms with Crippen molar-refractivity contribution in [3.63, 3.8) is 0 Å². The summed E-state index contributed by atoms with van der Waals surface area (Å²) < 4.78 is 25.8. The molecule has 0 fully saturated rings. The molecule has 0 bridgehead atoms. The SMILES string of the molecule is Cc1nn(Cc2ccccc2Cl)c(C)c1NC(=O)c1noc(C)c1COc1ccc(F)cc1. The smallest absolute Gasteiger partial charge is 0.278 e. The van der Waals surface area contributed by atoms with Crippen molar-refractivity contribution in [1.29, 1.82) is 0 Å². The quantitative estimate of drug-likeness (QED) is 0.389. The maximum Gasteiger partial charge on any atom is 0.278 e. The fourth-order valence-corrected chi connectivity index (χ4v) is 3.61. The van der Waals surface area contributed by atoms with E-state index in [4.69, 9.17) is 20.9 Å². The number of halogens is 2. The van der Waals surface area contributed by atoms with Gasteiger partial charge in [-0.15, -0.1) is 0 Å². The summed E-state index contributed by atoms with van der Waals surface area (Å²) in [5.41, 5.74) is 3.60. The van der Waals surface area contributed by atoms with E-state index in [0.29, 0.717) is 40.0 Å². The average Bonchev–Trinajstić information content (AvgIpc) is 3.29. The highest BCUT2D eigenvalue weighted by atomic mass is 35.5. The molecule has 170 valence electrons. The second kappa shape index (κ2) is 9.46. The highest BCUT2D eigenvalue weighted by molar-refractivity contribution is 6.31. The molecule has 2 heterocycles. The Morgan fingerprint density at radius 1 is 1.15 bits per heavy atom. The number of ether oxygens (including phenoxy) is 1. The monoisotopic (exact) mass is 468 g/mol. The molecule has 4 aromatic rings. The lowest BCUT2D eigenvalue weighted by molar-refractivity contribution is 0.101. The van der Waals surface area contributed by atoms with Gasteiger partial charge >= 0.3 is 0 Å². The van der Waals surface area contributed by atoms with Crippen LogP contribution in [0.4, 0.5) is 10.1 Å². The first-order valence-corrected chi connectivity index (χ1v) is 10.6. The van der Waals surface area contributed by atoms with Gasteiger partial charge in [0.25, 0.3) is 5.91 Å². The van der Waals surface area contributed by atoms with Crippen LogP contribution < -0.4 is 10.1 Å². The molecule has 0 atom stereocenters. The number of hydrogen-bond acceptors (Lipinski definition) is 5. The molecule has 0 radical (unpaired) electrons. The first-order valence-electron chi connectivity index (χ1n) is 10.3. The number of benzene rings is 2. The minimum atomic E-state index is -0.437. The lowest BCUT2D eigenvalue weighted by Gasteiger charge is -2.09. The maximum absolute atomic E-state index is 13.1. The van der Waals surface area contributed by atoms with E-state index in [1.165, 1.54) is 24.3 Å². The summed E-state index contributed by atoms with van der Waals surface area (Å²) in [5, 5.41) is 12.0. The molecule has 0 aliphatic carbocycles. The van der Waals surface area contributed by atoms with Gasteiger partial charge in [-0.3, -0.25) is 9.48 Å². The Bertz CT molecular complexity index is 1300. The Hall–Kier alpha value is -3.65. The van der Waals surface area contributed by atoms with Crippen LogP contribution in [-0.4, -0.2) is 20.8 Å². The van der Waals surface area contributed by atoms with E-state index in [0.717, 1.165) is 11.3 Å². The zero-order valence-corrected chi connectivity index (χ0v) is 19.1. The normalized spacial score (nSPS) is 10.9. The molecule has 7 nitrogen and oxygen atoms in total. The predicted octanol–water partition coefficient (Wildman–Crippen LogP) is 5.47. The van der Waals surface area contributed by atoms with Crippen LogP contribution in [0.3, 0.4) is 0 Å². The van der Waals surface area contributed by atoms with Gasteiger partial charge < -0.3 is 14.6 Å². The van der Waals surface area contributed by atoms with Crippen LogP contribution in [0.25, 0.3) is 0 Å². The second-order valence-corrected chi connectivity index (χ2v) is 7.96. The van der Waals surface area contributed by atoms with E-state index in [2.05, 4.69) is 15.6 Å². The zero-order valence-electron chi connectivity index (χ0n) is 18.4. The van der Waals surface area contributed by atoms with Gasteiger partial charge in [-0.1, -0.05) is 35.0 Å². The van der Waals surface area contributed by atoms with Crippen molar-refractivity contribution < 1.29 is 18.4 Å². The van der Waals surface area contributed by atoms with Crippen LogP contribution in [0.5, 0.6) is 5.75 Å². The van der Waals surface area contributed by atoms with E-state index >= 15 is 0 Å². The molecule has 9 heteroatoms.